The van der Waals surface area contributed by atoms with E-state index in [-0.39, 0.29) is 11.5 Å². The van der Waals surface area contributed by atoms with Gasteiger partial charge in [0.1, 0.15) is 11.5 Å². The van der Waals surface area contributed by atoms with E-state index in [2.05, 4.69) is 86.1 Å². The summed E-state index contributed by atoms with van der Waals surface area (Å²) in [6.07, 6.45) is 0. The molecule has 3 nitrogen and oxygen atoms in total. The maximum absolute atomic E-state index is 9.87. The maximum atomic E-state index is 9.87. The summed E-state index contributed by atoms with van der Waals surface area (Å²) in [6, 6.07) is 17.3. The number of fused-ring (bicyclic) bond motifs is 3. The molecule has 0 aliphatic heterocycles. The van der Waals surface area contributed by atoms with Crippen LogP contribution in [0.15, 0.2) is 54.6 Å². The number of rotatable bonds is 1. The molecule has 3 aromatic carbocycles. The Balaban J connectivity index is 2.21. The molecular formula is C18H11I2NO2. The van der Waals surface area contributed by atoms with Crippen LogP contribution in [0.3, 0.4) is 0 Å². The first kappa shape index (κ1) is 15.1. The van der Waals surface area contributed by atoms with Gasteiger partial charge in [-0.05, 0) is 69.4 Å². The summed E-state index contributed by atoms with van der Waals surface area (Å²) < 4.78 is 4.35. The van der Waals surface area contributed by atoms with Crippen molar-refractivity contribution in [2.24, 2.45) is 0 Å². The monoisotopic (exact) mass is 527 g/mol. The molecule has 0 radical (unpaired) electrons. The van der Waals surface area contributed by atoms with Gasteiger partial charge in [0, 0.05) is 36.1 Å². The first-order valence-corrected chi connectivity index (χ1v) is 9.11. The molecule has 0 amide bonds. The van der Waals surface area contributed by atoms with Gasteiger partial charge in [0.05, 0.1) is 16.7 Å². The topological polar surface area (TPSA) is 45.4 Å². The van der Waals surface area contributed by atoms with Gasteiger partial charge in [-0.15, -0.1) is 0 Å². The molecular weight excluding hydrogens is 516 g/mol. The zero-order valence-electron chi connectivity index (χ0n) is 11.8. The average molecular weight is 527 g/mol. The number of aromatic hydroxyl groups is 2. The van der Waals surface area contributed by atoms with Crippen molar-refractivity contribution < 1.29 is 10.2 Å². The van der Waals surface area contributed by atoms with Crippen LogP contribution >= 0.6 is 45.2 Å². The lowest BCUT2D eigenvalue weighted by Gasteiger charge is -2.09. The molecule has 0 saturated heterocycles. The average Bonchev–Trinajstić information content (AvgIpc) is 2.78. The smallest absolute Gasteiger partial charge is 0.121 e. The van der Waals surface area contributed by atoms with E-state index >= 15 is 0 Å². The third-order valence-corrected chi connectivity index (χ3v) is 5.18. The van der Waals surface area contributed by atoms with Gasteiger partial charge in [0.25, 0.3) is 0 Å². The minimum Gasteiger partial charge on any atom is -0.508 e. The lowest BCUT2D eigenvalue weighted by Crippen LogP contribution is -1.94. The molecule has 0 saturated carbocycles. The molecule has 4 aromatic rings. The molecule has 1 aromatic heterocycles. The highest BCUT2D eigenvalue weighted by molar-refractivity contribution is 14.1. The minimum atomic E-state index is 0.0475. The number of aromatic nitrogens is 1. The predicted molar refractivity (Wildman–Crippen MR) is 110 cm³/mol. The fraction of sp³-hybridized carbons (Fsp3) is 0. The summed E-state index contributed by atoms with van der Waals surface area (Å²) in [6.45, 7) is 0. The highest BCUT2D eigenvalue weighted by atomic mass is 127. The van der Waals surface area contributed by atoms with Crippen LogP contribution in [0, 0.1) is 7.14 Å². The highest BCUT2D eigenvalue weighted by Crippen LogP contribution is 2.35. The second kappa shape index (κ2) is 5.55. The summed E-state index contributed by atoms with van der Waals surface area (Å²) in [7, 11) is 0. The Bertz CT molecular complexity index is 990. The molecule has 0 atom stereocenters. The van der Waals surface area contributed by atoms with Crippen LogP contribution in [-0.2, 0) is 0 Å². The van der Waals surface area contributed by atoms with Crippen LogP contribution in [0.2, 0.25) is 0 Å². The Labute approximate surface area is 159 Å². The highest BCUT2D eigenvalue weighted by Gasteiger charge is 2.14. The molecule has 5 heteroatoms. The Morgan fingerprint density at radius 1 is 0.652 bits per heavy atom. The van der Waals surface area contributed by atoms with Crippen LogP contribution in [0.4, 0.5) is 0 Å². The first-order valence-electron chi connectivity index (χ1n) is 6.95. The number of hydrogen-bond acceptors (Lipinski definition) is 2. The number of phenolic OH excluding ortho intramolecular Hbond substituents is 2. The van der Waals surface area contributed by atoms with Gasteiger partial charge in [-0.1, -0.05) is 12.1 Å². The molecule has 0 unspecified atom stereocenters. The Hall–Kier alpha value is -1.48. The number of benzene rings is 3. The second-order valence-electron chi connectivity index (χ2n) is 5.37. The summed E-state index contributed by atoms with van der Waals surface area (Å²) in [5.74, 6) is 0.0949. The summed E-state index contributed by atoms with van der Waals surface area (Å²) in [5.41, 5.74) is 2.85. The van der Waals surface area contributed by atoms with Crippen molar-refractivity contribution in [1.82, 2.24) is 4.57 Å². The minimum absolute atomic E-state index is 0.0475. The van der Waals surface area contributed by atoms with Crippen molar-refractivity contribution in [1.29, 1.82) is 0 Å². The van der Waals surface area contributed by atoms with E-state index in [1.165, 1.54) is 6.07 Å². The normalized spacial score (nSPS) is 11.4. The molecule has 0 fully saturated rings. The number of halogens is 2. The second-order valence-corrected chi connectivity index (χ2v) is 7.86. The van der Waals surface area contributed by atoms with Crippen molar-refractivity contribution in [3.63, 3.8) is 0 Å². The lowest BCUT2D eigenvalue weighted by atomic mass is 10.2. The summed E-state index contributed by atoms with van der Waals surface area (Å²) >= 11 is 4.59. The molecule has 0 aliphatic rings. The zero-order chi connectivity index (χ0) is 16.1. The largest absolute Gasteiger partial charge is 0.508 e. The number of phenols is 2. The summed E-state index contributed by atoms with van der Waals surface area (Å²) in [5, 5.41) is 22.0. The SMILES string of the molecule is Oc1cc(O)cc(-n2c3cc(I)ccc3c3ccc(I)cc32)c1. The van der Waals surface area contributed by atoms with Gasteiger partial charge in [-0.3, -0.25) is 0 Å². The van der Waals surface area contributed by atoms with Crippen LogP contribution in [0.5, 0.6) is 11.5 Å². The fourth-order valence-electron chi connectivity index (χ4n) is 2.95. The number of nitrogens with zero attached hydrogens (tertiary/aromatic N) is 1. The molecule has 0 aliphatic carbocycles. The molecule has 0 bridgehead atoms. The number of hydrogen-bond donors (Lipinski definition) is 2. The zero-order valence-corrected chi connectivity index (χ0v) is 16.1. The maximum Gasteiger partial charge on any atom is 0.121 e. The van der Waals surface area contributed by atoms with E-state index < -0.39 is 0 Å². The Kier molecular flexibility index (Phi) is 3.64. The van der Waals surface area contributed by atoms with Gasteiger partial charge in [0.15, 0.2) is 0 Å². The molecule has 0 spiro atoms. The molecule has 23 heavy (non-hydrogen) atoms. The van der Waals surface area contributed by atoms with Crippen molar-refractivity contribution >= 4 is 67.0 Å². The Morgan fingerprint density at radius 2 is 1.13 bits per heavy atom. The van der Waals surface area contributed by atoms with E-state index in [4.69, 9.17) is 0 Å². The van der Waals surface area contributed by atoms with Gasteiger partial charge < -0.3 is 14.8 Å². The molecule has 114 valence electrons. The van der Waals surface area contributed by atoms with Crippen LogP contribution in [0.1, 0.15) is 0 Å². The van der Waals surface area contributed by atoms with Crippen molar-refractivity contribution in [3.8, 4) is 17.2 Å². The van der Waals surface area contributed by atoms with E-state index in [0.29, 0.717) is 0 Å². The van der Waals surface area contributed by atoms with Crippen LogP contribution in [0.25, 0.3) is 27.5 Å². The quantitative estimate of drug-likeness (QED) is 0.326. The fourth-order valence-corrected chi connectivity index (χ4v) is 3.90. The first-order chi connectivity index (χ1) is 11.0. The van der Waals surface area contributed by atoms with Gasteiger partial charge in [-0.2, -0.15) is 0 Å². The van der Waals surface area contributed by atoms with E-state index in [0.717, 1.165) is 34.6 Å². The molecule has 2 N–H and O–H groups in total. The molecule has 1 heterocycles. The molecule has 4 rings (SSSR count). The van der Waals surface area contributed by atoms with E-state index in [1.54, 1.807) is 12.1 Å². The van der Waals surface area contributed by atoms with Gasteiger partial charge in [0.2, 0.25) is 0 Å². The van der Waals surface area contributed by atoms with Crippen LogP contribution < -0.4 is 0 Å². The Morgan fingerprint density at radius 3 is 1.61 bits per heavy atom. The standard InChI is InChI=1S/C18H11I2NO2/c19-10-1-3-15-16-4-2-11(20)6-18(16)21(17(15)5-10)12-7-13(22)9-14(23)8-12/h1-9,22-23H. The van der Waals surface area contributed by atoms with Crippen molar-refractivity contribution in [2.75, 3.05) is 0 Å². The van der Waals surface area contributed by atoms with Crippen molar-refractivity contribution in [2.45, 2.75) is 0 Å². The van der Waals surface area contributed by atoms with Crippen molar-refractivity contribution in [3.05, 3.63) is 61.7 Å². The van der Waals surface area contributed by atoms with Gasteiger partial charge in [-0.25, -0.2) is 0 Å². The predicted octanol–water partition coefficient (Wildman–Crippen LogP) is 5.40. The lowest BCUT2D eigenvalue weighted by molar-refractivity contribution is 0.450. The summed E-state index contributed by atoms with van der Waals surface area (Å²) in [4.78, 5) is 0. The van der Waals surface area contributed by atoms with Gasteiger partial charge >= 0.3 is 0 Å². The van der Waals surface area contributed by atoms with Crippen LogP contribution in [-0.4, -0.2) is 14.8 Å². The third-order valence-electron chi connectivity index (χ3n) is 3.84. The third kappa shape index (κ3) is 2.55. The van der Waals surface area contributed by atoms with E-state index in [1.807, 2.05) is 0 Å². The van der Waals surface area contributed by atoms with E-state index in [9.17, 15) is 10.2 Å².